The normalized spacial score (nSPS) is 12.4. The van der Waals surface area contributed by atoms with Crippen LogP contribution in [0.5, 0.6) is 11.5 Å². The van der Waals surface area contributed by atoms with E-state index in [1.165, 1.54) is 6.07 Å². The topological polar surface area (TPSA) is 98.0 Å². The summed E-state index contributed by atoms with van der Waals surface area (Å²) in [6.45, 7) is 0. The Bertz CT molecular complexity index is 333. The molecule has 0 unspecified atom stereocenters. The average Bonchev–Trinajstić information content (AvgIpc) is 2.08. The van der Waals surface area contributed by atoms with E-state index in [-0.39, 0.29) is 11.3 Å². The number of aromatic hydroxyl groups is 2. The third-order valence-corrected chi connectivity index (χ3v) is 1.55. The summed E-state index contributed by atoms with van der Waals surface area (Å²) in [5, 5.41) is 35.3. The van der Waals surface area contributed by atoms with Crippen molar-refractivity contribution in [1.29, 1.82) is 0 Å². The first kappa shape index (κ1) is 9.34. The zero-order chi connectivity index (χ0) is 10.0. The molecule has 5 heteroatoms. The van der Waals surface area contributed by atoms with Gasteiger partial charge in [-0.25, -0.2) is 4.79 Å². The fraction of sp³-hybridized carbons (Fsp3) is 0.125. The molecule has 1 rings (SSSR count). The zero-order valence-electron chi connectivity index (χ0n) is 6.51. The molecule has 13 heavy (non-hydrogen) atoms. The lowest BCUT2D eigenvalue weighted by Crippen LogP contribution is -2.09. The Morgan fingerprint density at radius 2 is 1.85 bits per heavy atom. The van der Waals surface area contributed by atoms with Crippen molar-refractivity contribution < 1.29 is 25.2 Å². The summed E-state index contributed by atoms with van der Waals surface area (Å²) < 4.78 is 0. The van der Waals surface area contributed by atoms with Crippen LogP contribution in [0.4, 0.5) is 0 Å². The van der Waals surface area contributed by atoms with Gasteiger partial charge in [0.2, 0.25) is 0 Å². The fourth-order valence-electron chi connectivity index (χ4n) is 0.853. The molecule has 1 aromatic rings. The predicted molar refractivity (Wildman–Crippen MR) is 42.4 cm³/mol. The van der Waals surface area contributed by atoms with Gasteiger partial charge in [-0.3, -0.25) is 0 Å². The number of hydrogen-bond donors (Lipinski definition) is 4. The summed E-state index contributed by atoms with van der Waals surface area (Å²) in [5.41, 5.74) is 0.0165. The third-order valence-electron chi connectivity index (χ3n) is 1.55. The molecular formula is C8H8O5. The van der Waals surface area contributed by atoms with Crippen molar-refractivity contribution in [3.63, 3.8) is 0 Å². The van der Waals surface area contributed by atoms with Gasteiger partial charge in [-0.05, 0) is 17.7 Å². The van der Waals surface area contributed by atoms with Gasteiger partial charge in [0, 0.05) is 0 Å². The first-order chi connectivity index (χ1) is 6.02. The minimum atomic E-state index is -1.69. The molecule has 0 amide bonds. The molecule has 0 saturated heterocycles. The van der Waals surface area contributed by atoms with E-state index in [1.807, 2.05) is 0 Å². The van der Waals surface area contributed by atoms with Gasteiger partial charge in [-0.2, -0.15) is 0 Å². The highest BCUT2D eigenvalue weighted by atomic mass is 16.4. The summed E-state index contributed by atoms with van der Waals surface area (Å²) in [7, 11) is 0. The number of phenolic OH excluding ortho intramolecular Hbond substituents is 2. The van der Waals surface area contributed by atoms with Gasteiger partial charge in [0.15, 0.2) is 17.6 Å². The van der Waals surface area contributed by atoms with Crippen LogP contribution in [0.15, 0.2) is 18.2 Å². The zero-order valence-corrected chi connectivity index (χ0v) is 6.51. The van der Waals surface area contributed by atoms with Crippen LogP contribution >= 0.6 is 0 Å². The second-order valence-electron chi connectivity index (χ2n) is 2.49. The Kier molecular flexibility index (Phi) is 2.39. The summed E-state index contributed by atoms with van der Waals surface area (Å²) in [5.74, 6) is -2.23. The fourth-order valence-corrected chi connectivity index (χ4v) is 0.853. The highest BCUT2D eigenvalue weighted by molar-refractivity contribution is 5.74. The number of aliphatic hydroxyl groups excluding tert-OH is 1. The average molecular weight is 184 g/mol. The van der Waals surface area contributed by atoms with Gasteiger partial charge in [-0.15, -0.1) is 0 Å². The number of carboxylic acids is 1. The SMILES string of the molecule is O=C(O)[C@@H](O)c1ccc(O)c(O)c1. The number of carbonyl (C=O) groups is 1. The molecular weight excluding hydrogens is 176 g/mol. The highest BCUT2D eigenvalue weighted by Gasteiger charge is 2.16. The van der Waals surface area contributed by atoms with Crippen LogP contribution in [-0.4, -0.2) is 26.4 Å². The lowest BCUT2D eigenvalue weighted by atomic mass is 10.1. The molecule has 1 atom stereocenters. The van der Waals surface area contributed by atoms with Crippen molar-refractivity contribution in [3.05, 3.63) is 23.8 Å². The molecule has 0 aliphatic heterocycles. The van der Waals surface area contributed by atoms with Crippen LogP contribution in [0, 0.1) is 0 Å². The highest BCUT2D eigenvalue weighted by Crippen LogP contribution is 2.27. The van der Waals surface area contributed by atoms with Gasteiger partial charge < -0.3 is 20.4 Å². The summed E-state index contributed by atoms with van der Waals surface area (Å²) in [4.78, 5) is 10.3. The van der Waals surface area contributed by atoms with Crippen molar-refractivity contribution in [2.75, 3.05) is 0 Å². The lowest BCUT2D eigenvalue weighted by molar-refractivity contribution is -0.146. The minimum absolute atomic E-state index is 0.0165. The Morgan fingerprint density at radius 3 is 2.31 bits per heavy atom. The van der Waals surface area contributed by atoms with E-state index in [9.17, 15) is 4.79 Å². The maximum absolute atomic E-state index is 10.3. The van der Waals surface area contributed by atoms with Crippen molar-refractivity contribution in [1.82, 2.24) is 0 Å². The number of benzene rings is 1. The molecule has 0 fully saturated rings. The number of carboxylic acid groups (broad SMARTS) is 1. The number of phenols is 2. The number of rotatable bonds is 2. The summed E-state index contributed by atoms with van der Waals surface area (Å²) in [6, 6.07) is 3.32. The van der Waals surface area contributed by atoms with Crippen molar-refractivity contribution in [2.24, 2.45) is 0 Å². The van der Waals surface area contributed by atoms with Gasteiger partial charge in [0.25, 0.3) is 0 Å². The molecule has 1 aromatic carbocycles. The number of aliphatic hydroxyl groups is 1. The number of hydrogen-bond acceptors (Lipinski definition) is 4. The molecule has 0 heterocycles. The Balaban J connectivity index is 3.03. The second-order valence-corrected chi connectivity index (χ2v) is 2.49. The molecule has 0 aliphatic carbocycles. The monoisotopic (exact) mass is 184 g/mol. The maximum Gasteiger partial charge on any atom is 0.337 e. The molecule has 4 N–H and O–H groups in total. The third kappa shape index (κ3) is 1.88. The molecule has 0 aliphatic rings. The van der Waals surface area contributed by atoms with E-state index in [1.54, 1.807) is 0 Å². The lowest BCUT2D eigenvalue weighted by Gasteiger charge is -2.06. The predicted octanol–water partition coefficient (Wildman–Crippen LogP) is 0.216. The van der Waals surface area contributed by atoms with Crippen molar-refractivity contribution in [3.8, 4) is 11.5 Å². The van der Waals surface area contributed by atoms with Crippen LogP contribution < -0.4 is 0 Å². The van der Waals surface area contributed by atoms with Crippen LogP contribution in [0.1, 0.15) is 11.7 Å². The molecule has 0 radical (unpaired) electrons. The van der Waals surface area contributed by atoms with Gasteiger partial charge in [0.05, 0.1) is 0 Å². The molecule has 70 valence electrons. The molecule has 0 bridgehead atoms. The van der Waals surface area contributed by atoms with Gasteiger partial charge in [-0.1, -0.05) is 6.07 Å². The van der Waals surface area contributed by atoms with E-state index in [4.69, 9.17) is 20.4 Å². The standard InChI is InChI=1S/C8H8O5/c9-5-2-1-4(3-6(5)10)7(11)8(12)13/h1-3,7,9-11H,(H,12,13)/t7-/m0/s1. The Hall–Kier alpha value is -1.75. The summed E-state index contributed by atoms with van der Waals surface area (Å²) >= 11 is 0. The van der Waals surface area contributed by atoms with Crippen LogP contribution in [-0.2, 0) is 4.79 Å². The van der Waals surface area contributed by atoms with Gasteiger partial charge in [0.1, 0.15) is 0 Å². The molecule has 0 spiro atoms. The molecule has 0 saturated carbocycles. The summed E-state index contributed by atoms with van der Waals surface area (Å²) in [6.07, 6.45) is -1.69. The van der Waals surface area contributed by atoms with E-state index < -0.39 is 17.8 Å². The van der Waals surface area contributed by atoms with E-state index in [2.05, 4.69) is 0 Å². The van der Waals surface area contributed by atoms with Crippen molar-refractivity contribution in [2.45, 2.75) is 6.10 Å². The first-order valence-corrected chi connectivity index (χ1v) is 3.45. The quantitative estimate of drug-likeness (QED) is 0.493. The smallest absolute Gasteiger partial charge is 0.337 e. The van der Waals surface area contributed by atoms with Gasteiger partial charge >= 0.3 is 5.97 Å². The van der Waals surface area contributed by atoms with Crippen LogP contribution in [0.3, 0.4) is 0 Å². The molecule has 5 nitrogen and oxygen atoms in total. The van der Waals surface area contributed by atoms with Crippen LogP contribution in [0.2, 0.25) is 0 Å². The van der Waals surface area contributed by atoms with Crippen molar-refractivity contribution >= 4 is 5.97 Å². The Morgan fingerprint density at radius 1 is 1.23 bits per heavy atom. The van der Waals surface area contributed by atoms with E-state index >= 15 is 0 Å². The Labute approximate surface area is 73.5 Å². The maximum atomic E-state index is 10.3. The molecule has 0 aromatic heterocycles. The minimum Gasteiger partial charge on any atom is -0.504 e. The largest absolute Gasteiger partial charge is 0.504 e. The first-order valence-electron chi connectivity index (χ1n) is 3.45. The number of aliphatic carboxylic acids is 1. The van der Waals surface area contributed by atoms with Crippen LogP contribution in [0.25, 0.3) is 0 Å². The van der Waals surface area contributed by atoms with E-state index in [0.29, 0.717) is 0 Å². The van der Waals surface area contributed by atoms with E-state index in [0.717, 1.165) is 12.1 Å². The second kappa shape index (κ2) is 3.32.